The molecule has 8 aromatic rings. The standard InChI is InChI=1S/C54H43ClN4.CH5N/c1-3-23-42(4-2)56(43-24-10-5-11-25-43)48-34-20-36-50(40-48)58(46-30-16-8-17-31-46)52-38-22-39-53(54(52)55)59(47-32-18-9-19-33-47)51-37-21-35-49(41-51)57(44-26-12-6-13-27-44)45-28-14-7-15-29-45;1-2/h3-41H,1-2H2;2H2,1H3/b42-23+;. The van der Waals surface area contributed by atoms with Gasteiger partial charge in [-0.05, 0) is 128 Å². The van der Waals surface area contributed by atoms with Crippen LogP contribution < -0.4 is 25.3 Å². The lowest BCUT2D eigenvalue weighted by molar-refractivity contribution is 1.20. The predicted octanol–water partition coefficient (Wildman–Crippen LogP) is 15.7. The van der Waals surface area contributed by atoms with Crippen LogP contribution in [0.3, 0.4) is 0 Å². The number of nitrogens with zero attached hydrogens (tertiary/aromatic N) is 4. The maximum Gasteiger partial charge on any atom is 0.0887 e. The van der Waals surface area contributed by atoms with Crippen LogP contribution in [-0.2, 0) is 0 Å². The maximum absolute atomic E-state index is 7.77. The molecule has 0 aliphatic heterocycles. The Bertz CT molecular complexity index is 2630. The molecule has 0 fully saturated rings. The first-order valence-electron chi connectivity index (χ1n) is 20.1. The molecule has 2 N–H and O–H groups in total. The van der Waals surface area contributed by atoms with Crippen LogP contribution in [0.1, 0.15) is 0 Å². The Morgan fingerprint density at radius 3 is 1.10 bits per heavy atom. The van der Waals surface area contributed by atoms with Gasteiger partial charge in [-0.3, -0.25) is 0 Å². The van der Waals surface area contributed by atoms with E-state index in [1.54, 1.807) is 6.08 Å². The summed E-state index contributed by atoms with van der Waals surface area (Å²) in [5, 5.41) is 0.595. The third-order valence-corrected chi connectivity index (χ3v) is 10.3. The number of allylic oxidation sites excluding steroid dienone is 3. The zero-order valence-corrected chi connectivity index (χ0v) is 34.9. The van der Waals surface area contributed by atoms with Crippen molar-refractivity contribution in [2.24, 2.45) is 5.73 Å². The van der Waals surface area contributed by atoms with Gasteiger partial charge in [0.2, 0.25) is 0 Å². The van der Waals surface area contributed by atoms with Crippen LogP contribution in [0.2, 0.25) is 5.02 Å². The Labute approximate surface area is 365 Å². The van der Waals surface area contributed by atoms with Crippen molar-refractivity contribution < 1.29 is 0 Å². The largest absolute Gasteiger partial charge is 0.333 e. The summed E-state index contributed by atoms with van der Waals surface area (Å²) in [6.45, 7) is 8.12. The SMILES string of the molecule is C=C/C=C(\C=C)N(c1ccccc1)c1cccc(N(c2ccccc2)c2cccc(N(c3ccccc3)c3cccc(N(c4ccccc4)c4ccccc4)c3)c2Cl)c1.CN. The highest BCUT2D eigenvalue weighted by atomic mass is 35.5. The van der Waals surface area contributed by atoms with Gasteiger partial charge in [0.1, 0.15) is 0 Å². The van der Waals surface area contributed by atoms with Gasteiger partial charge in [-0.25, -0.2) is 0 Å². The molecule has 6 heteroatoms. The molecule has 0 unspecified atom stereocenters. The fourth-order valence-electron chi connectivity index (χ4n) is 7.38. The number of para-hydroxylation sites is 5. The highest BCUT2D eigenvalue weighted by Gasteiger charge is 2.24. The van der Waals surface area contributed by atoms with Gasteiger partial charge in [0, 0.05) is 56.9 Å². The summed E-state index contributed by atoms with van der Waals surface area (Å²) in [6.07, 6.45) is 5.60. The molecule has 0 aliphatic carbocycles. The lowest BCUT2D eigenvalue weighted by Gasteiger charge is -2.32. The Morgan fingerprint density at radius 1 is 0.393 bits per heavy atom. The lowest BCUT2D eigenvalue weighted by Crippen LogP contribution is -2.17. The number of anilines is 11. The fraction of sp³-hybridized carbons (Fsp3) is 0.0182. The molecular formula is C55H48ClN5. The summed E-state index contributed by atoms with van der Waals surface area (Å²) in [4.78, 5) is 8.90. The van der Waals surface area contributed by atoms with Crippen LogP contribution in [0.15, 0.2) is 255 Å². The Hall–Kier alpha value is -7.57. The van der Waals surface area contributed by atoms with E-state index < -0.39 is 0 Å². The zero-order chi connectivity index (χ0) is 42.4. The van der Waals surface area contributed by atoms with E-state index in [2.05, 4.69) is 214 Å². The molecule has 0 bridgehead atoms. The lowest BCUT2D eigenvalue weighted by atomic mass is 10.1. The van der Waals surface area contributed by atoms with E-state index in [4.69, 9.17) is 11.6 Å². The molecule has 0 aromatic heterocycles. The number of halogens is 1. The fourth-order valence-corrected chi connectivity index (χ4v) is 7.68. The van der Waals surface area contributed by atoms with Crippen molar-refractivity contribution in [2.75, 3.05) is 26.6 Å². The van der Waals surface area contributed by atoms with E-state index >= 15 is 0 Å². The second-order valence-corrected chi connectivity index (χ2v) is 14.1. The van der Waals surface area contributed by atoms with E-state index in [1.165, 1.54) is 7.05 Å². The minimum Gasteiger partial charge on any atom is -0.333 e. The molecule has 0 amide bonds. The van der Waals surface area contributed by atoms with E-state index in [1.807, 2.05) is 54.6 Å². The molecule has 61 heavy (non-hydrogen) atoms. The summed E-state index contributed by atoms with van der Waals surface area (Å²) < 4.78 is 0. The summed E-state index contributed by atoms with van der Waals surface area (Å²) in [7, 11) is 1.50. The van der Waals surface area contributed by atoms with Crippen LogP contribution in [-0.4, -0.2) is 7.05 Å². The average Bonchev–Trinajstić information content (AvgIpc) is 3.33. The minimum absolute atomic E-state index is 0.595. The quantitative estimate of drug-likeness (QED) is 0.111. The van der Waals surface area contributed by atoms with E-state index in [0.29, 0.717) is 5.02 Å². The van der Waals surface area contributed by atoms with Gasteiger partial charge >= 0.3 is 0 Å². The molecule has 0 radical (unpaired) electrons. The molecule has 8 aromatic carbocycles. The van der Waals surface area contributed by atoms with E-state index in [-0.39, 0.29) is 0 Å². The van der Waals surface area contributed by atoms with Gasteiger partial charge in [-0.15, -0.1) is 0 Å². The first kappa shape index (κ1) is 41.6. The molecule has 300 valence electrons. The van der Waals surface area contributed by atoms with Gasteiger partial charge in [0.05, 0.1) is 16.4 Å². The van der Waals surface area contributed by atoms with Crippen LogP contribution >= 0.6 is 11.6 Å². The molecule has 5 nitrogen and oxygen atoms in total. The Morgan fingerprint density at radius 2 is 0.705 bits per heavy atom. The third-order valence-electron chi connectivity index (χ3n) is 9.96. The summed E-state index contributed by atoms with van der Waals surface area (Å²) in [5.74, 6) is 0. The molecule has 0 atom stereocenters. The normalized spacial score (nSPS) is 10.8. The van der Waals surface area contributed by atoms with Crippen molar-refractivity contribution in [3.63, 3.8) is 0 Å². The smallest absolute Gasteiger partial charge is 0.0887 e. The molecule has 0 heterocycles. The van der Waals surface area contributed by atoms with Crippen LogP contribution in [0.25, 0.3) is 0 Å². The maximum atomic E-state index is 7.77. The van der Waals surface area contributed by atoms with Crippen LogP contribution in [0, 0.1) is 0 Å². The van der Waals surface area contributed by atoms with E-state index in [9.17, 15) is 0 Å². The van der Waals surface area contributed by atoms with Gasteiger partial charge < -0.3 is 25.3 Å². The highest BCUT2D eigenvalue weighted by molar-refractivity contribution is 6.36. The van der Waals surface area contributed by atoms with Gasteiger partial charge in [0.15, 0.2) is 0 Å². The summed E-state index contributed by atoms with van der Waals surface area (Å²) in [5.41, 5.74) is 16.0. The first-order valence-corrected chi connectivity index (χ1v) is 20.5. The van der Waals surface area contributed by atoms with Crippen molar-refractivity contribution in [1.29, 1.82) is 0 Å². The molecule has 0 aliphatic rings. The number of benzene rings is 8. The molecular weight excluding hydrogens is 766 g/mol. The number of hydrogen-bond donors (Lipinski definition) is 1. The number of rotatable bonds is 14. The summed E-state index contributed by atoms with van der Waals surface area (Å²) in [6, 6.07) is 75.3. The molecule has 0 spiro atoms. The molecule has 0 saturated heterocycles. The Kier molecular flexibility index (Phi) is 13.9. The topological polar surface area (TPSA) is 39.0 Å². The number of hydrogen-bond acceptors (Lipinski definition) is 5. The zero-order valence-electron chi connectivity index (χ0n) is 34.2. The van der Waals surface area contributed by atoms with Crippen molar-refractivity contribution in [3.8, 4) is 0 Å². The van der Waals surface area contributed by atoms with Crippen molar-refractivity contribution in [3.05, 3.63) is 260 Å². The third kappa shape index (κ3) is 9.35. The second-order valence-electron chi connectivity index (χ2n) is 13.7. The second kappa shape index (κ2) is 20.4. The number of nitrogens with two attached hydrogens (primary N) is 1. The molecule has 0 saturated carbocycles. The minimum atomic E-state index is 0.595. The van der Waals surface area contributed by atoms with Gasteiger partial charge in [0.25, 0.3) is 0 Å². The van der Waals surface area contributed by atoms with E-state index in [0.717, 1.165) is 68.3 Å². The average molecular weight is 814 g/mol. The van der Waals surface area contributed by atoms with Crippen molar-refractivity contribution >= 4 is 74.2 Å². The Balaban J connectivity index is 0.00000277. The summed E-state index contributed by atoms with van der Waals surface area (Å²) >= 11 is 7.77. The molecule has 8 rings (SSSR count). The van der Waals surface area contributed by atoms with Gasteiger partial charge in [-0.1, -0.05) is 140 Å². The van der Waals surface area contributed by atoms with Gasteiger partial charge in [-0.2, -0.15) is 0 Å². The monoisotopic (exact) mass is 813 g/mol. The van der Waals surface area contributed by atoms with Crippen LogP contribution in [0.4, 0.5) is 62.6 Å². The first-order chi connectivity index (χ1) is 30.1. The van der Waals surface area contributed by atoms with Crippen molar-refractivity contribution in [2.45, 2.75) is 0 Å². The van der Waals surface area contributed by atoms with Crippen LogP contribution in [0.5, 0.6) is 0 Å². The highest BCUT2D eigenvalue weighted by Crippen LogP contribution is 2.48. The van der Waals surface area contributed by atoms with Crippen molar-refractivity contribution in [1.82, 2.24) is 0 Å². The predicted molar refractivity (Wildman–Crippen MR) is 263 cm³/mol.